The SMILES string of the molecule is CC(Nc1nc(Cl)nc(N2CCCCC2)n1)C(=O)N(C)C. The van der Waals surface area contributed by atoms with Crippen molar-refractivity contribution in [2.24, 2.45) is 0 Å². The molecule has 1 aromatic heterocycles. The number of aromatic nitrogens is 3. The van der Waals surface area contributed by atoms with E-state index in [0.717, 1.165) is 25.9 Å². The van der Waals surface area contributed by atoms with E-state index in [1.165, 1.54) is 11.3 Å². The number of halogens is 1. The second kappa shape index (κ2) is 6.89. The fraction of sp³-hybridized carbons (Fsp3) is 0.692. The Morgan fingerprint density at radius 3 is 2.52 bits per heavy atom. The molecule has 7 nitrogen and oxygen atoms in total. The zero-order valence-corrected chi connectivity index (χ0v) is 13.4. The van der Waals surface area contributed by atoms with E-state index >= 15 is 0 Å². The molecule has 0 aliphatic carbocycles. The van der Waals surface area contributed by atoms with Crippen LogP contribution in [0.3, 0.4) is 0 Å². The van der Waals surface area contributed by atoms with Gasteiger partial charge in [-0.05, 0) is 37.8 Å². The first-order valence-corrected chi connectivity index (χ1v) is 7.49. The Morgan fingerprint density at radius 1 is 1.24 bits per heavy atom. The molecule has 1 atom stereocenters. The van der Waals surface area contributed by atoms with E-state index in [0.29, 0.717) is 11.9 Å². The molecular weight excluding hydrogens is 292 g/mol. The van der Waals surface area contributed by atoms with E-state index in [-0.39, 0.29) is 11.2 Å². The first-order chi connectivity index (χ1) is 9.97. The monoisotopic (exact) mass is 312 g/mol. The number of anilines is 2. The van der Waals surface area contributed by atoms with E-state index in [1.54, 1.807) is 21.0 Å². The van der Waals surface area contributed by atoms with Gasteiger partial charge in [0.05, 0.1) is 0 Å². The quantitative estimate of drug-likeness (QED) is 0.906. The number of amides is 1. The molecular formula is C13H21ClN6O. The average molecular weight is 313 g/mol. The molecule has 1 aromatic rings. The van der Waals surface area contributed by atoms with Crippen LogP contribution in [-0.4, -0.2) is 59.0 Å². The number of rotatable bonds is 4. The first-order valence-electron chi connectivity index (χ1n) is 7.11. The third kappa shape index (κ3) is 4.17. The summed E-state index contributed by atoms with van der Waals surface area (Å²) in [4.78, 5) is 28.1. The van der Waals surface area contributed by atoms with Crippen LogP contribution in [0, 0.1) is 0 Å². The topological polar surface area (TPSA) is 74.2 Å². The summed E-state index contributed by atoms with van der Waals surface area (Å²) in [7, 11) is 3.42. The Bertz CT molecular complexity index is 503. The third-order valence-electron chi connectivity index (χ3n) is 3.39. The number of hydrogen-bond donors (Lipinski definition) is 1. The molecule has 0 spiro atoms. The Balaban J connectivity index is 2.13. The Labute approximate surface area is 129 Å². The second-order valence-corrected chi connectivity index (χ2v) is 5.71. The van der Waals surface area contributed by atoms with Crippen LogP contribution in [0.4, 0.5) is 11.9 Å². The van der Waals surface area contributed by atoms with Gasteiger partial charge >= 0.3 is 0 Å². The van der Waals surface area contributed by atoms with E-state index < -0.39 is 6.04 Å². The summed E-state index contributed by atoms with van der Waals surface area (Å²) >= 11 is 5.97. The largest absolute Gasteiger partial charge is 0.347 e. The Hall–Kier alpha value is -1.63. The summed E-state index contributed by atoms with van der Waals surface area (Å²) in [6.07, 6.45) is 3.48. The minimum atomic E-state index is -0.423. The molecule has 1 saturated heterocycles. The van der Waals surface area contributed by atoms with Crippen LogP contribution in [0.2, 0.25) is 5.28 Å². The van der Waals surface area contributed by atoms with Crippen LogP contribution in [0.1, 0.15) is 26.2 Å². The van der Waals surface area contributed by atoms with E-state index in [4.69, 9.17) is 11.6 Å². The van der Waals surface area contributed by atoms with E-state index in [1.807, 2.05) is 0 Å². The highest BCUT2D eigenvalue weighted by Crippen LogP contribution is 2.18. The fourth-order valence-corrected chi connectivity index (χ4v) is 2.44. The summed E-state index contributed by atoms with van der Waals surface area (Å²) in [5.74, 6) is 0.853. The zero-order chi connectivity index (χ0) is 15.4. The minimum Gasteiger partial charge on any atom is -0.347 e. The van der Waals surface area contributed by atoms with Crippen LogP contribution in [0.25, 0.3) is 0 Å². The van der Waals surface area contributed by atoms with Crippen LogP contribution < -0.4 is 10.2 Å². The van der Waals surface area contributed by atoms with Crippen molar-refractivity contribution < 1.29 is 4.79 Å². The molecule has 0 aromatic carbocycles. The number of nitrogens with one attached hydrogen (secondary N) is 1. The number of nitrogens with zero attached hydrogens (tertiary/aromatic N) is 5. The maximum absolute atomic E-state index is 11.9. The standard InChI is InChI=1S/C13H21ClN6O/c1-9(10(21)19(2)3)15-12-16-11(14)17-13(18-12)20-7-5-4-6-8-20/h9H,4-8H2,1-3H3,(H,15,16,17,18). The maximum Gasteiger partial charge on any atom is 0.244 e. The first kappa shape index (κ1) is 15.8. The summed E-state index contributed by atoms with van der Waals surface area (Å²) in [5.41, 5.74) is 0. The molecule has 116 valence electrons. The predicted octanol–water partition coefficient (Wildman–Crippen LogP) is 1.40. The van der Waals surface area contributed by atoms with Crippen LogP contribution >= 0.6 is 11.6 Å². The van der Waals surface area contributed by atoms with Gasteiger partial charge in [0.15, 0.2) is 0 Å². The van der Waals surface area contributed by atoms with Crippen molar-refractivity contribution in [2.45, 2.75) is 32.2 Å². The zero-order valence-electron chi connectivity index (χ0n) is 12.6. The van der Waals surface area contributed by atoms with Crippen molar-refractivity contribution in [1.29, 1.82) is 0 Å². The van der Waals surface area contributed by atoms with Gasteiger partial charge in [-0.3, -0.25) is 4.79 Å². The molecule has 1 N–H and O–H groups in total. The summed E-state index contributed by atoms with van der Waals surface area (Å²) in [6, 6.07) is -0.423. The minimum absolute atomic E-state index is 0.0499. The molecule has 2 heterocycles. The van der Waals surface area contributed by atoms with Gasteiger partial charge in [0.1, 0.15) is 6.04 Å². The normalized spacial score (nSPS) is 16.5. The van der Waals surface area contributed by atoms with Gasteiger partial charge < -0.3 is 15.1 Å². The smallest absolute Gasteiger partial charge is 0.244 e. The van der Waals surface area contributed by atoms with Gasteiger partial charge in [-0.2, -0.15) is 15.0 Å². The van der Waals surface area contributed by atoms with Crippen LogP contribution in [0.15, 0.2) is 0 Å². The number of carbonyl (C=O) groups is 1. The fourth-order valence-electron chi connectivity index (χ4n) is 2.28. The van der Waals surface area contributed by atoms with Gasteiger partial charge in [-0.1, -0.05) is 0 Å². The van der Waals surface area contributed by atoms with Crippen LogP contribution in [-0.2, 0) is 4.79 Å². The summed E-state index contributed by atoms with van der Waals surface area (Å²) in [5, 5.41) is 3.12. The van der Waals surface area contributed by atoms with Crippen molar-refractivity contribution in [3.8, 4) is 0 Å². The molecule has 0 bridgehead atoms. The van der Waals surface area contributed by atoms with Gasteiger partial charge in [-0.15, -0.1) is 0 Å². The lowest BCUT2D eigenvalue weighted by atomic mass is 10.1. The number of likely N-dealkylation sites (N-methyl/N-ethyl adjacent to an activating group) is 1. The third-order valence-corrected chi connectivity index (χ3v) is 3.56. The number of piperidine rings is 1. The molecule has 1 aliphatic heterocycles. The van der Waals surface area contributed by atoms with Crippen molar-refractivity contribution in [3.05, 3.63) is 5.28 Å². The maximum atomic E-state index is 11.9. The average Bonchev–Trinajstić information content (AvgIpc) is 2.46. The van der Waals surface area contributed by atoms with Crippen molar-refractivity contribution >= 4 is 29.4 Å². The van der Waals surface area contributed by atoms with Gasteiger partial charge in [0, 0.05) is 27.2 Å². The van der Waals surface area contributed by atoms with Gasteiger partial charge in [-0.25, -0.2) is 0 Å². The molecule has 1 fully saturated rings. The van der Waals surface area contributed by atoms with Gasteiger partial charge in [0.2, 0.25) is 23.1 Å². The Morgan fingerprint density at radius 2 is 1.90 bits per heavy atom. The molecule has 8 heteroatoms. The number of carbonyl (C=O) groups excluding carboxylic acids is 1. The number of hydrogen-bond acceptors (Lipinski definition) is 6. The van der Waals surface area contributed by atoms with Crippen molar-refractivity contribution in [2.75, 3.05) is 37.4 Å². The highest BCUT2D eigenvalue weighted by molar-refractivity contribution is 6.28. The highest BCUT2D eigenvalue weighted by Gasteiger charge is 2.19. The Kier molecular flexibility index (Phi) is 5.17. The molecule has 1 unspecified atom stereocenters. The molecule has 1 aliphatic rings. The summed E-state index contributed by atoms with van der Waals surface area (Å²) in [6.45, 7) is 3.61. The molecule has 0 saturated carbocycles. The molecule has 21 heavy (non-hydrogen) atoms. The van der Waals surface area contributed by atoms with Gasteiger partial charge in [0.25, 0.3) is 0 Å². The second-order valence-electron chi connectivity index (χ2n) is 5.37. The van der Waals surface area contributed by atoms with Crippen molar-refractivity contribution in [1.82, 2.24) is 19.9 Å². The molecule has 0 radical (unpaired) electrons. The van der Waals surface area contributed by atoms with E-state index in [2.05, 4.69) is 25.2 Å². The molecule has 2 rings (SSSR count). The van der Waals surface area contributed by atoms with Crippen LogP contribution in [0.5, 0.6) is 0 Å². The lowest BCUT2D eigenvalue weighted by Gasteiger charge is -2.27. The predicted molar refractivity (Wildman–Crippen MR) is 82.7 cm³/mol. The highest BCUT2D eigenvalue weighted by atomic mass is 35.5. The van der Waals surface area contributed by atoms with Crippen molar-refractivity contribution in [3.63, 3.8) is 0 Å². The lowest BCUT2D eigenvalue weighted by molar-refractivity contribution is -0.129. The molecule has 1 amide bonds. The van der Waals surface area contributed by atoms with E-state index in [9.17, 15) is 4.79 Å². The lowest BCUT2D eigenvalue weighted by Crippen LogP contribution is -2.37. The summed E-state index contributed by atoms with van der Waals surface area (Å²) < 4.78 is 0.